The van der Waals surface area contributed by atoms with Gasteiger partial charge in [0, 0.05) is 9.89 Å². The van der Waals surface area contributed by atoms with E-state index in [1.165, 1.54) is 26.4 Å². The minimum atomic E-state index is -0.221. The van der Waals surface area contributed by atoms with E-state index in [9.17, 15) is 9.59 Å². The second kappa shape index (κ2) is 6.62. The Hall–Kier alpha value is -0.880. The summed E-state index contributed by atoms with van der Waals surface area (Å²) in [6.07, 6.45) is 8.31. The van der Waals surface area contributed by atoms with Gasteiger partial charge < -0.3 is 9.47 Å². The first kappa shape index (κ1) is 18.5. The maximum atomic E-state index is 12.8. The number of alkyl halides is 1. The van der Waals surface area contributed by atoms with Crippen LogP contribution in [-0.4, -0.2) is 23.7 Å². The van der Waals surface area contributed by atoms with Crippen molar-refractivity contribution < 1.29 is 19.1 Å². The lowest BCUT2D eigenvalue weighted by Gasteiger charge is -2.60. The Morgan fingerprint density at radius 1 is 1.27 bits per heavy atom. The number of halogens is 2. The number of carbonyl (C=O) groups excluding carboxylic acids is 2. The minimum Gasteiger partial charge on any atom is -0.493 e. The van der Waals surface area contributed by atoms with Crippen LogP contribution in [0.15, 0.2) is 16.6 Å². The van der Waals surface area contributed by atoms with Gasteiger partial charge in [-0.2, -0.15) is 0 Å². The SMILES string of the molecule is COc1cc(C=O)cc(Br)c1OC(=O)CC12C[C@@H]3C[C@@H](CC(Br)(C3)C1)C2. The van der Waals surface area contributed by atoms with Crippen LogP contribution in [0, 0.1) is 17.3 Å². The van der Waals surface area contributed by atoms with Crippen LogP contribution in [-0.2, 0) is 4.79 Å². The van der Waals surface area contributed by atoms with Crippen LogP contribution in [0.2, 0.25) is 0 Å². The third-order valence-corrected chi connectivity index (χ3v) is 7.75. The molecule has 4 aliphatic carbocycles. The van der Waals surface area contributed by atoms with Crippen molar-refractivity contribution in [1.82, 2.24) is 0 Å². The van der Waals surface area contributed by atoms with Crippen LogP contribution in [0.5, 0.6) is 11.5 Å². The normalized spacial score (nSPS) is 34.6. The van der Waals surface area contributed by atoms with Crippen molar-refractivity contribution in [1.29, 1.82) is 0 Å². The molecule has 0 aliphatic heterocycles. The molecule has 0 aromatic heterocycles. The molecule has 0 amide bonds. The van der Waals surface area contributed by atoms with Gasteiger partial charge in [-0.15, -0.1) is 0 Å². The molecule has 4 saturated carbocycles. The molecule has 0 spiro atoms. The van der Waals surface area contributed by atoms with Gasteiger partial charge in [0.05, 0.1) is 18.0 Å². The van der Waals surface area contributed by atoms with Gasteiger partial charge in [-0.05, 0) is 83.8 Å². The average Bonchev–Trinajstić information content (AvgIpc) is 2.53. The fourth-order valence-electron chi connectivity index (χ4n) is 5.91. The van der Waals surface area contributed by atoms with Crippen molar-refractivity contribution in [2.45, 2.75) is 49.3 Å². The Bertz CT molecular complexity index is 746. The summed E-state index contributed by atoms with van der Waals surface area (Å²) in [5, 5.41) is 0. The van der Waals surface area contributed by atoms with Crippen LogP contribution < -0.4 is 9.47 Å². The van der Waals surface area contributed by atoms with Crippen molar-refractivity contribution in [2.24, 2.45) is 17.3 Å². The van der Waals surface area contributed by atoms with Crippen LogP contribution in [0.1, 0.15) is 55.3 Å². The van der Waals surface area contributed by atoms with Crippen LogP contribution in [0.25, 0.3) is 0 Å². The number of hydrogen-bond donors (Lipinski definition) is 0. The van der Waals surface area contributed by atoms with Gasteiger partial charge in [0.1, 0.15) is 6.29 Å². The summed E-state index contributed by atoms with van der Waals surface area (Å²) < 4.78 is 11.8. The number of hydrogen-bond acceptors (Lipinski definition) is 4. The second-order valence-electron chi connectivity index (χ2n) is 8.41. The molecule has 26 heavy (non-hydrogen) atoms. The lowest BCUT2D eigenvalue weighted by atomic mass is 9.49. The molecule has 1 aromatic rings. The molecule has 6 heteroatoms. The number of ether oxygens (including phenoxy) is 2. The monoisotopic (exact) mass is 484 g/mol. The molecule has 0 heterocycles. The molecule has 4 bridgehead atoms. The van der Waals surface area contributed by atoms with Gasteiger partial charge in [-0.25, -0.2) is 0 Å². The number of carbonyl (C=O) groups is 2. The molecule has 0 saturated heterocycles. The molecule has 4 aliphatic rings. The van der Waals surface area contributed by atoms with Gasteiger partial charge in [0.25, 0.3) is 0 Å². The van der Waals surface area contributed by atoms with Gasteiger partial charge in [0.15, 0.2) is 11.5 Å². The summed E-state index contributed by atoms with van der Waals surface area (Å²) >= 11 is 7.37. The molecular weight excluding hydrogens is 464 g/mol. The molecule has 4 nitrogen and oxygen atoms in total. The molecule has 5 rings (SSSR count). The Morgan fingerprint density at radius 2 is 1.96 bits per heavy atom. The second-order valence-corrected chi connectivity index (χ2v) is 11.0. The molecular formula is C20H22Br2O4. The number of benzene rings is 1. The lowest BCUT2D eigenvalue weighted by molar-refractivity contribution is -0.141. The summed E-state index contributed by atoms with van der Waals surface area (Å²) in [6, 6.07) is 3.22. The van der Waals surface area contributed by atoms with Gasteiger partial charge in [-0.3, -0.25) is 9.59 Å². The first-order valence-electron chi connectivity index (χ1n) is 9.06. The fraction of sp³-hybridized carbons (Fsp3) is 0.600. The van der Waals surface area contributed by atoms with E-state index in [1.54, 1.807) is 12.1 Å². The zero-order chi connectivity index (χ0) is 18.5. The first-order valence-corrected chi connectivity index (χ1v) is 10.6. The third-order valence-electron chi connectivity index (χ3n) is 6.23. The molecule has 0 N–H and O–H groups in total. The lowest BCUT2D eigenvalue weighted by Crippen LogP contribution is -2.53. The molecule has 1 aromatic carbocycles. The summed E-state index contributed by atoms with van der Waals surface area (Å²) in [6.45, 7) is 0. The highest BCUT2D eigenvalue weighted by molar-refractivity contribution is 9.10. The Labute approximate surface area is 170 Å². The quantitative estimate of drug-likeness (QED) is 0.246. The highest BCUT2D eigenvalue weighted by atomic mass is 79.9. The van der Waals surface area contributed by atoms with Crippen LogP contribution >= 0.6 is 31.9 Å². The standard InChI is InChI=1S/C20H22Br2O4/c1-25-16-4-12(10-23)3-15(21)18(16)26-17(24)9-19-5-13-2-14(6-19)8-20(22,7-13)11-19/h3-4,10,13-14H,2,5-9,11H2,1H3/t13-,14+,19?,20?. The van der Waals surface area contributed by atoms with Gasteiger partial charge in [-0.1, -0.05) is 15.9 Å². The van der Waals surface area contributed by atoms with Crippen molar-refractivity contribution >= 4 is 44.1 Å². The molecule has 0 radical (unpaired) electrons. The zero-order valence-corrected chi connectivity index (χ0v) is 17.9. The van der Waals surface area contributed by atoms with E-state index in [2.05, 4.69) is 31.9 Å². The summed E-state index contributed by atoms with van der Waals surface area (Å²) in [5.41, 5.74) is 0.531. The maximum absolute atomic E-state index is 12.8. The Balaban J connectivity index is 1.52. The number of esters is 1. The number of methoxy groups -OCH3 is 1. The van der Waals surface area contributed by atoms with Crippen LogP contribution in [0.4, 0.5) is 0 Å². The van der Waals surface area contributed by atoms with Gasteiger partial charge >= 0.3 is 5.97 Å². The third kappa shape index (κ3) is 3.35. The van der Waals surface area contributed by atoms with Crippen LogP contribution in [0.3, 0.4) is 0 Å². The van der Waals surface area contributed by atoms with Gasteiger partial charge in [0.2, 0.25) is 0 Å². The van der Waals surface area contributed by atoms with E-state index in [4.69, 9.17) is 9.47 Å². The zero-order valence-electron chi connectivity index (χ0n) is 14.7. The average molecular weight is 486 g/mol. The molecule has 140 valence electrons. The highest BCUT2D eigenvalue weighted by Gasteiger charge is 2.57. The maximum Gasteiger partial charge on any atom is 0.311 e. The summed E-state index contributed by atoms with van der Waals surface area (Å²) in [5.74, 6) is 1.98. The first-order chi connectivity index (χ1) is 12.3. The molecule has 4 fully saturated rings. The smallest absolute Gasteiger partial charge is 0.311 e. The largest absolute Gasteiger partial charge is 0.493 e. The van der Waals surface area contributed by atoms with E-state index < -0.39 is 0 Å². The van der Waals surface area contributed by atoms with Crippen molar-refractivity contribution in [3.05, 3.63) is 22.2 Å². The highest BCUT2D eigenvalue weighted by Crippen LogP contribution is 2.65. The predicted molar refractivity (Wildman–Crippen MR) is 105 cm³/mol. The van der Waals surface area contributed by atoms with Crippen molar-refractivity contribution in [3.8, 4) is 11.5 Å². The van der Waals surface area contributed by atoms with E-state index in [-0.39, 0.29) is 15.7 Å². The van der Waals surface area contributed by atoms with E-state index >= 15 is 0 Å². The van der Waals surface area contributed by atoms with E-state index in [1.807, 2.05) is 0 Å². The fourth-order valence-corrected chi connectivity index (χ4v) is 7.96. The van der Waals surface area contributed by atoms with E-state index in [0.29, 0.717) is 28.0 Å². The number of aldehydes is 1. The van der Waals surface area contributed by atoms with Crippen molar-refractivity contribution in [2.75, 3.05) is 7.11 Å². The summed E-state index contributed by atoms with van der Waals surface area (Å²) in [7, 11) is 1.50. The minimum absolute atomic E-state index is 0.0626. The molecule has 2 unspecified atom stereocenters. The summed E-state index contributed by atoms with van der Waals surface area (Å²) in [4.78, 5) is 23.8. The molecule has 4 atom stereocenters. The Morgan fingerprint density at radius 3 is 2.54 bits per heavy atom. The topological polar surface area (TPSA) is 52.6 Å². The van der Waals surface area contributed by atoms with Crippen molar-refractivity contribution in [3.63, 3.8) is 0 Å². The van der Waals surface area contributed by atoms with E-state index in [0.717, 1.165) is 37.4 Å². The Kier molecular flexibility index (Phi) is 4.71. The predicted octanol–water partition coefficient (Wildman–Crippen LogP) is 5.30. The number of rotatable bonds is 5.